The molecule has 0 bridgehead atoms. The highest BCUT2D eigenvalue weighted by Crippen LogP contribution is 2.25. The number of rotatable bonds is 5. The highest BCUT2D eigenvalue weighted by molar-refractivity contribution is 7.92. The Bertz CT molecular complexity index is 1040. The lowest BCUT2D eigenvalue weighted by atomic mass is 10.1. The molecule has 7 heteroatoms. The Labute approximate surface area is 185 Å². The van der Waals surface area contributed by atoms with Crippen LogP contribution in [0.4, 0.5) is 5.69 Å². The number of hydrogen-bond acceptors (Lipinski definition) is 4. The van der Waals surface area contributed by atoms with E-state index in [1.54, 1.807) is 18.2 Å². The Morgan fingerprint density at radius 2 is 1.55 bits per heavy atom. The summed E-state index contributed by atoms with van der Waals surface area (Å²) < 4.78 is 28.1. The fourth-order valence-corrected chi connectivity index (χ4v) is 5.59. The van der Waals surface area contributed by atoms with Gasteiger partial charge in [-0.05, 0) is 74.2 Å². The topological polar surface area (TPSA) is 69.7 Å². The van der Waals surface area contributed by atoms with Crippen molar-refractivity contribution in [1.82, 2.24) is 9.80 Å². The highest BCUT2D eigenvalue weighted by Gasteiger charge is 2.28. The number of anilines is 1. The summed E-state index contributed by atoms with van der Waals surface area (Å²) in [5, 5.41) is 0. The summed E-state index contributed by atoms with van der Waals surface area (Å²) >= 11 is 0. The number of aryl methyl sites for hydroxylation is 2. The van der Waals surface area contributed by atoms with Crippen LogP contribution in [0.2, 0.25) is 0 Å². The number of carbonyl (C=O) groups is 1. The zero-order chi connectivity index (χ0) is 22.0. The Hall–Kier alpha value is -2.38. The largest absolute Gasteiger partial charge is 0.336 e. The van der Waals surface area contributed by atoms with Gasteiger partial charge < -0.3 is 4.90 Å². The van der Waals surface area contributed by atoms with Crippen LogP contribution in [-0.2, 0) is 10.0 Å². The number of benzene rings is 2. The molecule has 1 aliphatic heterocycles. The monoisotopic (exact) mass is 441 g/mol. The molecule has 4 rings (SSSR count). The van der Waals surface area contributed by atoms with Crippen LogP contribution in [0.5, 0.6) is 0 Å². The number of piperazine rings is 1. The van der Waals surface area contributed by atoms with Gasteiger partial charge in [-0.1, -0.05) is 18.9 Å². The van der Waals surface area contributed by atoms with E-state index in [0.717, 1.165) is 37.3 Å². The molecule has 1 saturated heterocycles. The maximum atomic E-state index is 12.9. The molecular weight excluding hydrogens is 410 g/mol. The third kappa shape index (κ3) is 4.93. The molecule has 0 aromatic heterocycles. The SMILES string of the molecule is Cc1ccc(NS(=O)(=O)c2ccc(C(=O)N3CCN(C4CCCC4)CC3)cc2)cc1C. The lowest BCUT2D eigenvalue weighted by molar-refractivity contribution is 0.0573. The van der Waals surface area contributed by atoms with Gasteiger partial charge >= 0.3 is 0 Å². The molecule has 0 atom stereocenters. The predicted octanol–water partition coefficient (Wildman–Crippen LogP) is 3.80. The fraction of sp³-hybridized carbons (Fsp3) is 0.458. The second-order valence-corrected chi connectivity index (χ2v) is 10.4. The summed E-state index contributed by atoms with van der Waals surface area (Å²) in [7, 11) is -3.71. The van der Waals surface area contributed by atoms with Crippen molar-refractivity contribution in [2.24, 2.45) is 0 Å². The molecule has 1 amide bonds. The molecule has 166 valence electrons. The molecule has 1 N–H and O–H groups in total. The van der Waals surface area contributed by atoms with Crippen molar-refractivity contribution in [3.8, 4) is 0 Å². The van der Waals surface area contributed by atoms with E-state index in [9.17, 15) is 13.2 Å². The highest BCUT2D eigenvalue weighted by atomic mass is 32.2. The molecule has 1 saturated carbocycles. The van der Waals surface area contributed by atoms with Gasteiger partial charge in [0.1, 0.15) is 0 Å². The van der Waals surface area contributed by atoms with Crippen LogP contribution >= 0.6 is 0 Å². The van der Waals surface area contributed by atoms with E-state index >= 15 is 0 Å². The first-order chi connectivity index (χ1) is 14.8. The van der Waals surface area contributed by atoms with E-state index < -0.39 is 10.0 Å². The third-order valence-electron chi connectivity index (χ3n) is 6.61. The van der Waals surface area contributed by atoms with Crippen molar-refractivity contribution >= 4 is 21.6 Å². The van der Waals surface area contributed by atoms with Crippen LogP contribution in [0.25, 0.3) is 0 Å². The summed E-state index contributed by atoms with van der Waals surface area (Å²) in [6.07, 6.45) is 5.19. The van der Waals surface area contributed by atoms with Gasteiger partial charge in [0.05, 0.1) is 4.90 Å². The van der Waals surface area contributed by atoms with Crippen LogP contribution in [0, 0.1) is 13.8 Å². The number of carbonyl (C=O) groups excluding carboxylic acids is 1. The molecule has 0 unspecified atom stereocenters. The van der Waals surface area contributed by atoms with E-state index in [4.69, 9.17) is 0 Å². The van der Waals surface area contributed by atoms with Gasteiger partial charge in [0.2, 0.25) is 0 Å². The average molecular weight is 442 g/mol. The van der Waals surface area contributed by atoms with Gasteiger partial charge in [0.25, 0.3) is 15.9 Å². The van der Waals surface area contributed by atoms with Gasteiger partial charge in [-0.25, -0.2) is 8.42 Å². The van der Waals surface area contributed by atoms with Crippen molar-refractivity contribution in [2.75, 3.05) is 30.9 Å². The minimum absolute atomic E-state index is 0.0304. The van der Waals surface area contributed by atoms with Gasteiger partial charge in [-0.2, -0.15) is 0 Å². The molecule has 2 aliphatic rings. The summed E-state index contributed by atoms with van der Waals surface area (Å²) in [6, 6.07) is 12.4. The van der Waals surface area contributed by atoms with Crippen LogP contribution in [0.1, 0.15) is 47.2 Å². The zero-order valence-corrected chi connectivity index (χ0v) is 19.1. The molecule has 2 aromatic carbocycles. The maximum Gasteiger partial charge on any atom is 0.261 e. The molecule has 1 heterocycles. The van der Waals surface area contributed by atoms with Crippen LogP contribution in [-0.4, -0.2) is 56.3 Å². The van der Waals surface area contributed by atoms with Gasteiger partial charge in [0, 0.05) is 43.5 Å². The van der Waals surface area contributed by atoms with Crippen LogP contribution in [0.15, 0.2) is 47.4 Å². The van der Waals surface area contributed by atoms with Crippen molar-refractivity contribution in [3.05, 3.63) is 59.2 Å². The number of sulfonamides is 1. The lowest BCUT2D eigenvalue weighted by Gasteiger charge is -2.38. The molecule has 0 radical (unpaired) electrons. The number of amides is 1. The Morgan fingerprint density at radius 1 is 0.903 bits per heavy atom. The Kier molecular flexibility index (Phi) is 6.34. The van der Waals surface area contributed by atoms with Gasteiger partial charge in [0.15, 0.2) is 0 Å². The van der Waals surface area contributed by atoms with Gasteiger partial charge in [-0.3, -0.25) is 14.4 Å². The maximum absolute atomic E-state index is 12.9. The summed E-state index contributed by atoms with van der Waals surface area (Å²) in [5.74, 6) is -0.0304. The number of nitrogens with one attached hydrogen (secondary N) is 1. The molecular formula is C24H31N3O3S. The molecule has 2 aromatic rings. The minimum atomic E-state index is -3.71. The second-order valence-electron chi connectivity index (χ2n) is 8.70. The smallest absolute Gasteiger partial charge is 0.261 e. The van der Waals surface area contributed by atoms with Gasteiger partial charge in [-0.15, -0.1) is 0 Å². The fourth-order valence-electron chi connectivity index (χ4n) is 4.54. The Morgan fingerprint density at radius 3 is 2.16 bits per heavy atom. The third-order valence-corrected chi connectivity index (χ3v) is 8.01. The standard InChI is InChI=1S/C24H31N3O3S/c1-18-7-10-21(17-19(18)2)25-31(29,30)23-11-8-20(9-12-23)24(28)27-15-13-26(14-16-27)22-5-3-4-6-22/h7-12,17,22,25H,3-6,13-16H2,1-2H3. The minimum Gasteiger partial charge on any atom is -0.336 e. The van der Waals surface area contributed by atoms with E-state index in [2.05, 4.69) is 9.62 Å². The first-order valence-corrected chi connectivity index (χ1v) is 12.6. The quantitative estimate of drug-likeness (QED) is 0.766. The summed E-state index contributed by atoms with van der Waals surface area (Å²) in [6.45, 7) is 7.22. The summed E-state index contributed by atoms with van der Waals surface area (Å²) in [5.41, 5.74) is 3.19. The molecule has 1 aliphatic carbocycles. The summed E-state index contributed by atoms with van der Waals surface area (Å²) in [4.78, 5) is 17.4. The van der Waals surface area contributed by atoms with E-state index in [0.29, 0.717) is 17.3 Å². The Balaban J connectivity index is 1.39. The van der Waals surface area contributed by atoms with Crippen molar-refractivity contribution in [1.29, 1.82) is 0 Å². The zero-order valence-electron chi connectivity index (χ0n) is 18.3. The molecule has 31 heavy (non-hydrogen) atoms. The van der Waals surface area contributed by atoms with Crippen LogP contribution in [0.3, 0.4) is 0 Å². The van der Waals surface area contributed by atoms with E-state index in [-0.39, 0.29) is 10.8 Å². The van der Waals surface area contributed by atoms with Crippen LogP contribution < -0.4 is 4.72 Å². The van der Waals surface area contributed by atoms with Crippen molar-refractivity contribution in [2.45, 2.75) is 50.5 Å². The molecule has 0 spiro atoms. The number of hydrogen-bond donors (Lipinski definition) is 1. The second kappa shape index (κ2) is 9.01. The van der Waals surface area contributed by atoms with E-state index in [1.807, 2.05) is 30.9 Å². The average Bonchev–Trinajstić information content (AvgIpc) is 3.31. The first-order valence-electron chi connectivity index (χ1n) is 11.1. The first kappa shape index (κ1) is 21.8. The van der Waals surface area contributed by atoms with Crippen molar-refractivity contribution < 1.29 is 13.2 Å². The lowest BCUT2D eigenvalue weighted by Crippen LogP contribution is -2.51. The van der Waals surface area contributed by atoms with Crippen molar-refractivity contribution in [3.63, 3.8) is 0 Å². The normalized spacial score (nSPS) is 18.3. The molecule has 6 nitrogen and oxygen atoms in total. The number of nitrogens with zero attached hydrogens (tertiary/aromatic N) is 2. The molecule has 2 fully saturated rings. The van der Waals surface area contributed by atoms with E-state index in [1.165, 1.54) is 37.8 Å². The predicted molar refractivity (Wildman–Crippen MR) is 123 cm³/mol.